The second-order valence-corrected chi connectivity index (χ2v) is 9.22. The summed E-state index contributed by atoms with van der Waals surface area (Å²) in [6, 6.07) is 53.9. The smallest absolute Gasteiger partial charge is 0.193 e. The van der Waals surface area contributed by atoms with Crippen molar-refractivity contribution < 1.29 is 4.57 Å². The predicted octanol–water partition coefficient (Wildman–Crippen LogP) is 8.69. The van der Waals surface area contributed by atoms with E-state index in [4.69, 9.17) is 0 Å². The molecule has 1 heteroatoms. The van der Waals surface area contributed by atoms with Crippen LogP contribution in [0.15, 0.2) is 158 Å². The first-order valence-corrected chi connectivity index (χ1v) is 12.7. The second-order valence-electron chi connectivity index (χ2n) is 9.22. The van der Waals surface area contributed by atoms with Gasteiger partial charge in [0.05, 0.1) is 11.1 Å². The normalized spacial score (nSPS) is 10.8. The van der Waals surface area contributed by atoms with Gasteiger partial charge in [0, 0.05) is 16.7 Å². The molecule has 0 aliphatic carbocycles. The Labute approximate surface area is 219 Å². The van der Waals surface area contributed by atoms with Crippen LogP contribution in [-0.2, 0) is 6.54 Å². The van der Waals surface area contributed by atoms with E-state index in [1.54, 1.807) is 0 Å². The minimum Gasteiger partial charge on any atom is -0.193 e. The summed E-state index contributed by atoms with van der Waals surface area (Å²) in [6.07, 6.45) is 2.35. The van der Waals surface area contributed by atoms with Crippen molar-refractivity contribution in [2.24, 2.45) is 0 Å². The van der Waals surface area contributed by atoms with E-state index >= 15 is 0 Å². The molecular formula is C36H28N+. The van der Waals surface area contributed by atoms with Crippen LogP contribution in [0.4, 0.5) is 0 Å². The van der Waals surface area contributed by atoms with Crippen LogP contribution in [0.2, 0.25) is 0 Å². The van der Waals surface area contributed by atoms with Gasteiger partial charge in [-0.3, -0.25) is 0 Å². The molecule has 0 radical (unpaired) electrons. The van der Waals surface area contributed by atoms with E-state index in [1.165, 1.54) is 50.2 Å². The fraction of sp³-hybridized carbons (Fsp3) is 0.0278. The molecule has 0 aliphatic rings. The third-order valence-electron chi connectivity index (χ3n) is 6.78. The van der Waals surface area contributed by atoms with Crippen molar-refractivity contribution in [3.05, 3.63) is 163 Å². The van der Waals surface area contributed by atoms with Crippen LogP contribution in [0.3, 0.4) is 0 Å². The molecule has 0 spiro atoms. The van der Waals surface area contributed by atoms with Crippen molar-refractivity contribution in [3.63, 3.8) is 0 Å². The lowest BCUT2D eigenvalue weighted by Crippen LogP contribution is -2.38. The molecule has 0 N–H and O–H groups in total. The first-order chi connectivity index (χ1) is 18.4. The van der Waals surface area contributed by atoms with E-state index in [0.717, 1.165) is 6.54 Å². The molecule has 0 saturated heterocycles. The lowest BCUT2D eigenvalue weighted by molar-refractivity contribution is -0.676. The van der Waals surface area contributed by atoms with Crippen LogP contribution in [0, 0.1) is 0 Å². The first-order valence-electron chi connectivity index (χ1n) is 12.7. The lowest BCUT2D eigenvalue weighted by atomic mass is 9.85. The number of benzene rings is 5. The van der Waals surface area contributed by atoms with Crippen molar-refractivity contribution in [1.82, 2.24) is 0 Å². The highest BCUT2D eigenvalue weighted by atomic mass is 15.0. The van der Waals surface area contributed by atoms with Gasteiger partial charge in [-0.05, 0) is 28.8 Å². The summed E-state index contributed by atoms with van der Waals surface area (Å²) in [4.78, 5) is 0. The van der Waals surface area contributed by atoms with Crippen molar-refractivity contribution in [2.75, 3.05) is 0 Å². The maximum absolute atomic E-state index is 2.43. The van der Waals surface area contributed by atoms with Gasteiger partial charge in [0.1, 0.15) is 0 Å². The molecule has 0 unspecified atom stereocenters. The monoisotopic (exact) mass is 474 g/mol. The Morgan fingerprint density at radius 2 is 0.784 bits per heavy atom. The fourth-order valence-electron chi connectivity index (χ4n) is 5.12. The van der Waals surface area contributed by atoms with E-state index in [9.17, 15) is 0 Å². The molecular weight excluding hydrogens is 446 g/mol. The van der Waals surface area contributed by atoms with Gasteiger partial charge in [-0.2, -0.15) is 4.57 Å². The average Bonchev–Trinajstić information content (AvgIpc) is 2.99. The summed E-state index contributed by atoms with van der Waals surface area (Å²) in [5.41, 5.74) is 11.0. The molecule has 176 valence electrons. The number of nitrogens with zero attached hydrogens (tertiary/aromatic N) is 1. The number of hydrogen-bond acceptors (Lipinski definition) is 0. The molecule has 1 aromatic heterocycles. The Balaban J connectivity index is 1.77. The van der Waals surface area contributed by atoms with Crippen LogP contribution in [0.5, 0.6) is 0 Å². The maximum Gasteiger partial charge on any atom is 0.221 e. The highest BCUT2D eigenvalue weighted by Crippen LogP contribution is 2.43. The second kappa shape index (κ2) is 10.5. The molecule has 5 aromatic carbocycles. The Morgan fingerprint density at radius 1 is 0.378 bits per heavy atom. The summed E-state index contributed by atoms with van der Waals surface area (Å²) in [5.74, 6) is 0. The zero-order valence-electron chi connectivity index (χ0n) is 20.7. The average molecular weight is 475 g/mol. The van der Waals surface area contributed by atoms with Gasteiger partial charge in [-0.25, -0.2) is 0 Å². The van der Waals surface area contributed by atoms with E-state index < -0.39 is 0 Å². The molecule has 0 amide bonds. The van der Waals surface area contributed by atoms with Gasteiger partial charge >= 0.3 is 0 Å². The van der Waals surface area contributed by atoms with Gasteiger partial charge in [-0.1, -0.05) is 140 Å². The van der Waals surface area contributed by atoms with Crippen molar-refractivity contribution in [3.8, 4) is 44.6 Å². The minimum absolute atomic E-state index is 0.778. The van der Waals surface area contributed by atoms with Crippen molar-refractivity contribution in [2.45, 2.75) is 6.54 Å². The Bertz CT molecular complexity index is 1590. The maximum atomic E-state index is 2.43. The molecule has 1 heterocycles. The molecule has 6 rings (SSSR count). The Kier molecular flexibility index (Phi) is 6.43. The predicted molar refractivity (Wildman–Crippen MR) is 154 cm³/mol. The number of pyridine rings is 1. The Hall–Kier alpha value is -4.75. The fourth-order valence-corrected chi connectivity index (χ4v) is 5.12. The SMILES string of the molecule is c1ccc(C[n+]2cc(-c3ccccc3)c(-c3ccccc3)c(-c3ccccc3)c2-c2ccccc2)cc1. The first kappa shape index (κ1) is 22.7. The summed E-state index contributed by atoms with van der Waals surface area (Å²) in [6.45, 7) is 0.778. The van der Waals surface area contributed by atoms with Gasteiger partial charge in [-0.15, -0.1) is 0 Å². The van der Waals surface area contributed by atoms with Crippen molar-refractivity contribution >= 4 is 0 Å². The zero-order valence-corrected chi connectivity index (χ0v) is 20.7. The van der Waals surface area contributed by atoms with Gasteiger partial charge < -0.3 is 0 Å². The minimum atomic E-state index is 0.778. The van der Waals surface area contributed by atoms with Gasteiger partial charge in [0.25, 0.3) is 0 Å². The lowest BCUT2D eigenvalue weighted by Gasteiger charge is -2.19. The van der Waals surface area contributed by atoms with Crippen LogP contribution >= 0.6 is 0 Å². The van der Waals surface area contributed by atoms with E-state index in [2.05, 4.69) is 162 Å². The summed E-state index contributed by atoms with van der Waals surface area (Å²) in [7, 11) is 0. The highest BCUT2D eigenvalue weighted by molar-refractivity contribution is 5.98. The number of aromatic nitrogens is 1. The summed E-state index contributed by atoms with van der Waals surface area (Å²) >= 11 is 0. The topological polar surface area (TPSA) is 3.88 Å². The van der Waals surface area contributed by atoms with Crippen LogP contribution in [-0.4, -0.2) is 0 Å². The summed E-state index contributed by atoms with van der Waals surface area (Å²) in [5, 5.41) is 0. The third kappa shape index (κ3) is 4.72. The molecule has 0 saturated carbocycles. The molecule has 0 aliphatic heterocycles. The summed E-state index contributed by atoms with van der Waals surface area (Å²) < 4.78 is 2.43. The molecule has 37 heavy (non-hydrogen) atoms. The zero-order chi connectivity index (χ0) is 24.9. The molecule has 1 nitrogen and oxygen atoms in total. The number of rotatable bonds is 6. The third-order valence-corrected chi connectivity index (χ3v) is 6.78. The van der Waals surface area contributed by atoms with Crippen LogP contribution < -0.4 is 4.57 Å². The largest absolute Gasteiger partial charge is 0.221 e. The Morgan fingerprint density at radius 3 is 1.30 bits per heavy atom. The standard InChI is InChI=1S/C36H28N/c1-6-16-28(17-7-1)26-37-27-33(29-18-8-2-9-19-29)34(30-20-10-3-11-21-30)35(31-22-12-4-13-23-31)36(37)32-24-14-5-15-25-32/h1-25,27H,26H2/q+1. The van der Waals surface area contributed by atoms with Gasteiger partial charge in [0.2, 0.25) is 5.69 Å². The quantitative estimate of drug-likeness (QED) is 0.213. The van der Waals surface area contributed by atoms with Crippen LogP contribution in [0.1, 0.15) is 5.56 Å². The van der Waals surface area contributed by atoms with E-state index in [-0.39, 0.29) is 0 Å². The van der Waals surface area contributed by atoms with E-state index in [0.29, 0.717) is 0 Å². The number of hydrogen-bond donors (Lipinski definition) is 0. The molecule has 0 fully saturated rings. The highest BCUT2D eigenvalue weighted by Gasteiger charge is 2.28. The molecule has 0 atom stereocenters. The van der Waals surface area contributed by atoms with Crippen molar-refractivity contribution in [1.29, 1.82) is 0 Å². The molecule has 6 aromatic rings. The molecule has 0 bridgehead atoms. The van der Waals surface area contributed by atoms with E-state index in [1.807, 2.05) is 0 Å². The van der Waals surface area contributed by atoms with Gasteiger partial charge in [0.15, 0.2) is 12.7 Å². The van der Waals surface area contributed by atoms with Crippen LogP contribution in [0.25, 0.3) is 44.6 Å².